The van der Waals surface area contributed by atoms with Gasteiger partial charge in [-0.3, -0.25) is 0 Å². The number of thioether (sulfide) groups is 2. The molecule has 2 rings (SSSR count). The first-order chi connectivity index (χ1) is 13.2. The van der Waals surface area contributed by atoms with E-state index < -0.39 is 0 Å². The van der Waals surface area contributed by atoms with E-state index in [4.69, 9.17) is 18.9 Å². The Morgan fingerprint density at radius 3 is 1.48 bits per heavy atom. The average molecular weight is 427 g/mol. The van der Waals surface area contributed by atoms with Crippen molar-refractivity contribution in [3.63, 3.8) is 0 Å². The summed E-state index contributed by atoms with van der Waals surface area (Å²) in [5.74, 6) is 3.57. The molecule has 0 spiro atoms. The molecule has 4 nitrogen and oxygen atoms in total. The van der Waals surface area contributed by atoms with Crippen LogP contribution in [0.4, 0.5) is 0 Å². The normalized spacial score (nSPS) is 10.8. The predicted molar refractivity (Wildman–Crippen MR) is 115 cm³/mol. The smallest absolute Gasteiger partial charge is 0.133 e. The lowest BCUT2D eigenvalue weighted by atomic mass is 10.3. The molecule has 2 aromatic rings. The molecular weight excluding hydrogens is 400 g/mol. The maximum absolute atomic E-state index is 5.60. The highest BCUT2D eigenvalue weighted by molar-refractivity contribution is 8.00. The van der Waals surface area contributed by atoms with Crippen molar-refractivity contribution in [2.75, 3.05) is 53.2 Å². The van der Waals surface area contributed by atoms with Gasteiger partial charge in [0.05, 0.1) is 37.2 Å². The topological polar surface area (TPSA) is 36.9 Å². The molecule has 0 aromatic heterocycles. The Bertz CT molecular complexity index is 650. The Morgan fingerprint density at radius 2 is 1.11 bits per heavy atom. The molecule has 0 atom stereocenters. The van der Waals surface area contributed by atoms with Gasteiger partial charge in [-0.1, -0.05) is 11.8 Å². The van der Waals surface area contributed by atoms with Crippen molar-refractivity contribution in [1.82, 2.24) is 0 Å². The Morgan fingerprint density at radius 1 is 0.667 bits per heavy atom. The standard InChI is InChI=1S/C20H26O4S3/c1-21-9-11-25-15-5-7-19(17(13-15)23-3)27-20-8-6-16(14-18(20)24-4)26-12-10-22-2/h5-8,13-14H,9-12H2,1-4H3. The minimum atomic E-state index is 0.732. The molecule has 0 radical (unpaired) electrons. The molecule has 0 N–H and O–H groups in total. The number of benzene rings is 2. The quantitative estimate of drug-likeness (QED) is 0.335. The van der Waals surface area contributed by atoms with E-state index in [2.05, 4.69) is 36.4 Å². The molecule has 0 saturated carbocycles. The second-order valence-electron chi connectivity index (χ2n) is 5.41. The molecule has 0 aliphatic rings. The zero-order valence-electron chi connectivity index (χ0n) is 16.2. The number of rotatable bonds is 12. The molecule has 7 heteroatoms. The second kappa shape index (κ2) is 12.5. The summed E-state index contributed by atoms with van der Waals surface area (Å²) < 4.78 is 21.4. The summed E-state index contributed by atoms with van der Waals surface area (Å²) in [4.78, 5) is 4.47. The van der Waals surface area contributed by atoms with Gasteiger partial charge in [0.1, 0.15) is 11.5 Å². The highest BCUT2D eigenvalue weighted by Crippen LogP contribution is 2.42. The molecule has 0 saturated heterocycles. The largest absolute Gasteiger partial charge is 0.496 e. The van der Waals surface area contributed by atoms with Crippen molar-refractivity contribution in [2.24, 2.45) is 0 Å². The third-order valence-electron chi connectivity index (χ3n) is 3.60. The number of hydrogen-bond donors (Lipinski definition) is 0. The van der Waals surface area contributed by atoms with Gasteiger partial charge in [0.15, 0.2) is 0 Å². The van der Waals surface area contributed by atoms with E-state index in [9.17, 15) is 0 Å². The van der Waals surface area contributed by atoms with Crippen LogP contribution < -0.4 is 9.47 Å². The van der Waals surface area contributed by atoms with Crippen LogP contribution in [-0.4, -0.2) is 53.2 Å². The van der Waals surface area contributed by atoms with Gasteiger partial charge in [-0.25, -0.2) is 0 Å². The van der Waals surface area contributed by atoms with Gasteiger partial charge in [-0.15, -0.1) is 23.5 Å². The summed E-state index contributed by atoms with van der Waals surface area (Å²) in [6.07, 6.45) is 0. The van der Waals surface area contributed by atoms with Gasteiger partial charge in [0.2, 0.25) is 0 Å². The lowest BCUT2D eigenvalue weighted by molar-refractivity contribution is 0.218. The maximum Gasteiger partial charge on any atom is 0.133 e. The van der Waals surface area contributed by atoms with Gasteiger partial charge in [-0.2, -0.15) is 0 Å². The highest BCUT2D eigenvalue weighted by Gasteiger charge is 2.11. The van der Waals surface area contributed by atoms with Gasteiger partial charge in [0.25, 0.3) is 0 Å². The average Bonchev–Trinajstić information content (AvgIpc) is 2.70. The number of ether oxygens (including phenoxy) is 4. The number of methoxy groups -OCH3 is 4. The van der Waals surface area contributed by atoms with Crippen LogP contribution in [0.1, 0.15) is 0 Å². The van der Waals surface area contributed by atoms with Crippen molar-refractivity contribution >= 4 is 35.3 Å². The Kier molecular flexibility index (Phi) is 10.3. The summed E-state index contributed by atoms with van der Waals surface area (Å²) in [5, 5.41) is 0. The van der Waals surface area contributed by atoms with Crippen LogP contribution in [0.15, 0.2) is 56.0 Å². The van der Waals surface area contributed by atoms with Crippen LogP contribution in [-0.2, 0) is 9.47 Å². The van der Waals surface area contributed by atoms with Crippen molar-refractivity contribution in [3.05, 3.63) is 36.4 Å². The van der Waals surface area contributed by atoms with E-state index in [0.29, 0.717) is 0 Å². The van der Waals surface area contributed by atoms with Crippen molar-refractivity contribution in [1.29, 1.82) is 0 Å². The third-order valence-corrected chi connectivity index (χ3v) is 6.63. The molecule has 0 fully saturated rings. The lowest BCUT2D eigenvalue weighted by Gasteiger charge is -2.13. The second-order valence-corrected chi connectivity index (χ2v) is 8.83. The lowest BCUT2D eigenvalue weighted by Crippen LogP contribution is -1.93. The van der Waals surface area contributed by atoms with Gasteiger partial charge >= 0.3 is 0 Å². The molecule has 148 valence electrons. The van der Waals surface area contributed by atoms with E-state index in [1.165, 1.54) is 9.79 Å². The monoisotopic (exact) mass is 426 g/mol. The maximum atomic E-state index is 5.60. The SMILES string of the molecule is COCCSc1ccc(Sc2ccc(SCCOC)cc2OC)c(OC)c1. The summed E-state index contributed by atoms with van der Waals surface area (Å²) in [5.41, 5.74) is 0. The van der Waals surface area contributed by atoms with Crippen molar-refractivity contribution in [3.8, 4) is 11.5 Å². The fourth-order valence-electron chi connectivity index (χ4n) is 2.25. The minimum absolute atomic E-state index is 0.732. The fraction of sp³-hybridized carbons (Fsp3) is 0.400. The van der Waals surface area contributed by atoms with Crippen LogP contribution >= 0.6 is 35.3 Å². The van der Waals surface area contributed by atoms with E-state index in [1.807, 2.05) is 0 Å². The molecule has 0 heterocycles. The molecule has 0 aliphatic heterocycles. The molecule has 2 aromatic carbocycles. The molecule has 0 unspecified atom stereocenters. The van der Waals surface area contributed by atoms with Crippen molar-refractivity contribution in [2.45, 2.75) is 19.6 Å². The Hall–Kier alpha value is -0.990. The van der Waals surface area contributed by atoms with Crippen LogP contribution in [0.2, 0.25) is 0 Å². The fourth-order valence-corrected chi connectivity index (χ4v) is 4.92. The predicted octanol–water partition coefficient (Wildman–Crippen LogP) is 5.33. The van der Waals surface area contributed by atoms with Crippen molar-refractivity contribution < 1.29 is 18.9 Å². The Labute approximate surface area is 174 Å². The van der Waals surface area contributed by atoms with E-state index in [1.54, 1.807) is 63.7 Å². The zero-order chi connectivity index (χ0) is 19.5. The zero-order valence-corrected chi connectivity index (χ0v) is 18.6. The first kappa shape index (κ1) is 22.3. The van der Waals surface area contributed by atoms with E-state index >= 15 is 0 Å². The van der Waals surface area contributed by atoms with Crippen LogP contribution in [0.3, 0.4) is 0 Å². The summed E-state index contributed by atoms with van der Waals surface area (Å²) in [7, 11) is 6.84. The van der Waals surface area contributed by atoms with Crippen LogP contribution in [0, 0.1) is 0 Å². The molecule has 0 amide bonds. The van der Waals surface area contributed by atoms with E-state index in [-0.39, 0.29) is 0 Å². The Balaban J connectivity index is 2.12. The highest BCUT2D eigenvalue weighted by atomic mass is 32.2. The van der Waals surface area contributed by atoms with Gasteiger partial charge < -0.3 is 18.9 Å². The molecule has 0 bridgehead atoms. The van der Waals surface area contributed by atoms with Crippen LogP contribution in [0.25, 0.3) is 0 Å². The summed E-state index contributed by atoms with van der Waals surface area (Å²) in [6.45, 7) is 1.46. The summed E-state index contributed by atoms with van der Waals surface area (Å²) in [6, 6.07) is 12.6. The minimum Gasteiger partial charge on any atom is -0.496 e. The summed E-state index contributed by atoms with van der Waals surface area (Å²) >= 11 is 5.16. The third kappa shape index (κ3) is 7.16. The molecular formula is C20H26O4S3. The molecule has 27 heavy (non-hydrogen) atoms. The van der Waals surface area contributed by atoms with Gasteiger partial charge in [0, 0.05) is 35.5 Å². The molecule has 0 aliphatic carbocycles. The number of hydrogen-bond acceptors (Lipinski definition) is 7. The van der Waals surface area contributed by atoms with Gasteiger partial charge in [-0.05, 0) is 36.4 Å². The van der Waals surface area contributed by atoms with Crippen LogP contribution in [0.5, 0.6) is 11.5 Å². The van der Waals surface area contributed by atoms with E-state index in [0.717, 1.165) is 46.0 Å². The first-order valence-electron chi connectivity index (χ1n) is 8.49. The first-order valence-corrected chi connectivity index (χ1v) is 11.3.